The second kappa shape index (κ2) is 4.00. The highest BCUT2D eigenvalue weighted by Gasteiger charge is 2.19. The number of hydrogen-bond donors (Lipinski definition) is 0. The highest BCUT2D eigenvalue weighted by molar-refractivity contribution is 5.37. The molecule has 0 spiro atoms. The quantitative estimate of drug-likeness (QED) is 0.671. The summed E-state index contributed by atoms with van der Waals surface area (Å²) in [5, 5.41) is 0. The fourth-order valence-corrected chi connectivity index (χ4v) is 1.16. The molecule has 0 N–H and O–H groups in total. The lowest BCUT2D eigenvalue weighted by atomic mass is 10.0. The van der Waals surface area contributed by atoms with Crippen molar-refractivity contribution >= 4 is 0 Å². The van der Waals surface area contributed by atoms with E-state index in [9.17, 15) is 13.2 Å². The van der Waals surface area contributed by atoms with Crippen LogP contribution in [-0.2, 0) is 11.3 Å². The smallest absolute Gasteiger partial charge is 0.167 e. The molecule has 0 saturated heterocycles. The van der Waals surface area contributed by atoms with Crippen LogP contribution in [0.25, 0.3) is 0 Å². The van der Waals surface area contributed by atoms with Crippen molar-refractivity contribution in [3.8, 4) is 0 Å². The Morgan fingerprint density at radius 2 is 1.71 bits per heavy atom. The van der Waals surface area contributed by atoms with E-state index in [4.69, 9.17) is 0 Å². The van der Waals surface area contributed by atoms with Crippen LogP contribution in [0.15, 0.2) is 0 Å². The Labute approximate surface area is 80.5 Å². The Balaban J connectivity index is 3.43. The van der Waals surface area contributed by atoms with Gasteiger partial charge in [-0.3, -0.25) is 0 Å². The van der Waals surface area contributed by atoms with Crippen LogP contribution in [0.3, 0.4) is 0 Å². The predicted octanol–water partition coefficient (Wildman–Crippen LogP) is 2.74. The van der Waals surface area contributed by atoms with E-state index in [1.807, 2.05) is 0 Å². The first kappa shape index (κ1) is 11.0. The van der Waals surface area contributed by atoms with Gasteiger partial charge in [0.1, 0.15) is 5.82 Å². The van der Waals surface area contributed by atoms with Gasteiger partial charge in [-0.15, -0.1) is 0 Å². The summed E-state index contributed by atoms with van der Waals surface area (Å²) >= 11 is 0. The van der Waals surface area contributed by atoms with Crippen LogP contribution >= 0.6 is 0 Å². The molecule has 1 nitrogen and oxygen atoms in total. The molecule has 0 aliphatic heterocycles. The zero-order valence-electron chi connectivity index (χ0n) is 7.96. The summed E-state index contributed by atoms with van der Waals surface area (Å²) in [4.78, 5) is 0. The summed E-state index contributed by atoms with van der Waals surface area (Å²) in [5.74, 6) is -3.13. The van der Waals surface area contributed by atoms with Gasteiger partial charge in [-0.05, 0) is 25.0 Å². The third-order valence-electron chi connectivity index (χ3n) is 2.06. The van der Waals surface area contributed by atoms with Gasteiger partial charge in [0.2, 0.25) is 0 Å². The summed E-state index contributed by atoms with van der Waals surface area (Å²) in [5.41, 5.74) is -0.634. The molecule has 4 heteroatoms. The van der Waals surface area contributed by atoms with Crippen LogP contribution in [0.2, 0.25) is 0 Å². The lowest BCUT2D eigenvalue weighted by Crippen LogP contribution is -2.06. The SMILES string of the molecule is [CH2]c1c(C)c(F)c(COC)c(F)c1F. The highest BCUT2D eigenvalue weighted by atomic mass is 19.2. The average molecular weight is 203 g/mol. The highest BCUT2D eigenvalue weighted by Crippen LogP contribution is 2.24. The van der Waals surface area contributed by atoms with Gasteiger partial charge in [0.15, 0.2) is 11.6 Å². The summed E-state index contributed by atoms with van der Waals surface area (Å²) < 4.78 is 44.2. The maximum Gasteiger partial charge on any atom is 0.167 e. The second-order valence-electron chi connectivity index (χ2n) is 2.96. The number of rotatable bonds is 2. The molecule has 0 fully saturated rings. The minimum atomic E-state index is -1.22. The van der Waals surface area contributed by atoms with Crippen LogP contribution in [0.1, 0.15) is 16.7 Å². The largest absolute Gasteiger partial charge is 0.380 e. The van der Waals surface area contributed by atoms with Gasteiger partial charge < -0.3 is 4.74 Å². The molecular formula is C10H10F3O. The topological polar surface area (TPSA) is 9.23 Å². The fraction of sp³-hybridized carbons (Fsp3) is 0.300. The molecule has 0 heterocycles. The Bertz CT molecular complexity index is 332. The molecule has 0 unspecified atom stereocenters. The minimum Gasteiger partial charge on any atom is -0.380 e. The Hall–Kier alpha value is -1.03. The molecule has 0 saturated carbocycles. The van der Waals surface area contributed by atoms with Gasteiger partial charge >= 0.3 is 0 Å². The molecule has 1 rings (SSSR count). The average Bonchev–Trinajstić information content (AvgIpc) is 2.19. The van der Waals surface area contributed by atoms with E-state index < -0.39 is 23.0 Å². The zero-order valence-corrected chi connectivity index (χ0v) is 7.96. The first-order valence-electron chi connectivity index (χ1n) is 3.97. The molecule has 1 aromatic rings. The Morgan fingerprint density at radius 3 is 2.21 bits per heavy atom. The van der Waals surface area contributed by atoms with Crippen molar-refractivity contribution in [1.82, 2.24) is 0 Å². The maximum absolute atomic E-state index is 13.4. The number of hydrogen-bond acceptors (Lipinski definition) is 1. The molecule has 0 bridgehead atoms. The first-order valence-corrected chi connectivity index (χ1v) is 3.97. The molecule has 0 aliphatic carbocycles. The Morgan fingerprint density at radius 1 is 1.14 bits per heavy atom. The van der Waals surface area contributed by atoms with Crippen molar-refractivity contribution in [3.05, 3.63) is 41.1 Å². The molecule has 1 radical (unpaired) electrons. The molecule has 1 aromatic carbocycles. The maximum atomic E-state index is 13.4. The van der Waals surface area contributed by atoms with Gasteiger partial charge in [-0.1, -0.05) is 0 Å². The number of halogens is 3. The van der Waals surface area contributed by atoms with Crippen LogP contribution in [0.4, 0.5) is 13.2 Å². The van der Waals surface area contributed by atoms with E-state index in [0.717, 1.165) is 0 Å². The van der Waals surface area contributed by atoms with Crippen LogP contribution in [-0.4, -0.2) is 7.11 Å². The summed E-state index contributed by atoms with van der Waals surface area (Å²) in [6.45, 7) is 4.30. The molecule has 0 aliphatic rings. The van der Waals surface area contributed by atoms with Crippen molar-refractivity contribution in [2.24, 2.45) is 0 Å². The van der Waals surface area contributed by atoms with Gasteiger partial charge in [-0.25, -0.2) is 13.2 Å². The van der Waals surface area contributed by atoms with Crippen molar-refractivity contribution in [2.45, 2.75) is 13.5 Å². The van der Waals surface area contributed by atoms with Gasteiger partial charge in [-0.2, -0.15) is 0 Å². The van der Waals surface area contributed by atoms with Crippen molar-refractivity contribution in [2.75, 3.05) is 7.11 Å². The van der Waals surface area contributed by atoms with Crippen LogP contribution < -0.4 is 0 Å². The summed E-state index contributed by atoms with van der Waals surface area (Å²) in [7, 11) is 1.28. The van der Waals surface area contributed by atoms with Gasteiger partial charge in [0, 0.05) is 7.11 Å². The predicted molar refractivity (Wildman–Crippen MR) is 46.2 cm³/mol. The normalized spacial score (nSPS) is 10.7. The molecule has 0 aromatic heterocycles. The van der Waals surface area contributed by atoms with Crippen molar-refractivity contribution < 1.29 is 17.9 Å². The third-order valence-corrected chi connectivity index (χ3v) is 2.06. The number of methoxy groups -OCH3 is 1. The number of benzene rings is 1. The van der Waals surface area contributed by atoms with Crippen LogP contribution in [0.5, 0.6) is 0 Å². The molecule has 14 heavy (non-hydrogen) atoms. The number of ether oxygens (including phenoxy) is 1. The van der Waals surface area contributed by atoms with Crippen molar-refractivity contribution in [3.63, 3.8) is 0 Å². The monoisotopic (exact) mass is 203 g/mol. The Kier molecular flexibility index (Phi) is 3.16. The van der Waals surface area contributed by atoms with Gasteiger partial charge in [0.25, 0.3) is 0 Å². The zero-order chi connectivity index (χ0) is 10.9. The molecular weight excluding hydrogens is 193 g/mol. The lowest BCUT2D eigenvalue weighted by Gasteiger charge is -2.10. The molecule has 77 valence electrons. The van der Waals surface area contributed by atoms with Gasteiger partial charge in [0.05, 0.1) is 12.2 Å². The lowest BCUT2D eigenvalue weighted by molar-refractivity contribution is 0.176. The van der Waals surface area contributed by atoms with E-state index in [2.05, 4.69) is 11.7 Å². The van der Waals surface area contributed by atoms with E-state index in [1.54, 1.807) is 0 Å². The summed E-state index contributed by atoms with van der Waals surface area (Å²) in [6.07, 6.45) is 0. The molecule has 0 atom stereocenters. The van der Waals surface area contributed by atoms with E-state index in [-0.39, 0.29) is 17.7 Å². The minimum absolute atomic E-state index is 0.0101. The fourth-order valence-electron chi connectivity index (χ4n) is 1.16. The molecule has 0 amide bonds. The third kappa shape index (κ3) is 1.62. The van der Waals surface area contributed by atoms with Crippen LogP contribution in [0, 0.1) is 31.3 Å². The van der Waals surface area contributed by atoms with Crippen molar-refractivity contribution in [1.29, 1.82) is 0 Å². The van der Waals surface area contributed by atoms with E-state index in [0.29, 0.717) is 0 Å². The standard InChI is InChI=1S/C10H10F3O/c1-5-6(2)9(12)10(13)7(4-14-3)8(5)11/h2,4H2,1,3H3. The first-order chi connectivity index (χ1) is 6.50. The van der Waals surface area contributed by atoms with E-state index >= 15 is 0 Å². The second-order valence-corrected chi connectivity index (χ2v) is 2.96. The summed E-state index contributed by atoms with van der Waals surface area (Å²) in [6, 6.07) is 0. The van der Waals surface area contributed by atoms with E-state index in [1.165, 1.54) is 14.0 Å².